The van der Waals surface area contributed by atoms with Crippen LogP contribution in [0.2, 0.25) is 0 Å². The molecule has 132 valence electrons. The van der Waals surface area contributed by atoms with Gasteiger partial charge in [0.05, 0.1) is 23.1 Å². The number of benzene rings is 1. The number of piperidine rings is 1. The fourth-order valence-electron chi connectivity index (χ4n) is 3.26. The standard InChI is InChI=1S/C18H22N4O3/c19-17(24)13-5-3-9-21(11-13)16(23)8-4-10-22-12-20-15-7-2-1-6-14(15)18(22)25/h1-2,6-7,12-13H,3-5,8-11H2,(H2,19,24). The average Bonchev–Trinajstić information content (AvgIpc) is 2.64. The third-order valence-electron chi connectivity index (χ3n) is 4.70. The number of primary amides is 1. The minimum atomic E-state index is -0.341. The second-order valence-electron chi connectivity index (χ2n) is 6.45. The third kappa shape index (κ3) is 3.87. The highest BCUT2D eigenvalue weighted by atomic mass is 16.2. The fourth-order valence-corrected chi connectivity index (χ4v) is 3.26. The number of hydrogen-bond acceptors (Lipinski definition) is 4. The van der Waals surface area contributed by atoms with E-state index in [0.29, 0.717) is 43.4 Å². The zero-order valence-corrected chi connectivity index (χ0v) is 14.1. The van der Waals surface area contributed by atoms with Gasteiger partial charge in [0, 0.05) is 26.1 Å². The lowest BCUT2D eigenvalue weighted by Crippen LogP contribution is -2.44. The van der Waals surface area contributed by atoms with Gasteiger partial charge in [-0.2, -0.15) is 0 Å². The van der Waals surface area contributed by atoms with Crippen molar-refractivity contribution < 1.29 is 9.59 Å². The molecule has 0 saturated carbocycles. The molecule has 2 amide bonds. The highest BCUT2D eigenvalue weighted by molar-refractivity contribution is 5.80. The molecule has 0 aliphatic carbocycles. The molecule has 0 spiro atoms. The highest BCUT2D eigenvalue weighted by Crippen LogP contribution is 2.17. The largest absolute Gasteiger partial charge is 0.369 e. The second kappa shape index (κ2) is 7.46. The summed E-state index contributed by atoms with van der Waals surface area (Å²) in [7, 11) is 0. The van der Waals surface area contributed by atoms with Crippen LogP contribution in [0.15, 0.2) is 35.4 Å². The molecule has 3 rings (SSSR count). The molecule has 2 aromatic rings. The molecule has 2 heterocycles. The second-order valence-corrected chi connectivity index (χ2v) is 6.45. The first-order valence-corrected chi connectivity index (χ1v) is 8.57. The Morgan fingerprint density at radius 1 is 1.28 bits per heavy atom. The molecule has 1 fully saturated rings. The van der Waals surface area contributed by atoms with E-state index in [4.69, 9.17) is 5.73 Å². The number of aromatic nitrogens is 2. The summed E-state index contributed by atoms with van der Waals surface area (Å²) in [5.74, 6) is -0.580. The van der Waals surface area contributed by atoms with Crippen molar-refractivity contribution in [1.29, 1.82) is 0 Å². The Morgan fingerprint density at radius 3 is 2.88 bits per heavy atom. The molecule has 25 heavy (non-hydrogen) atoms. The number of hydrogen-bond donors (Lipinski definition) is 1. The molecule has 1 aromatic heterocycles. The number of fused-ring (bicyclic) bond motifs is 1. The molecule has 7 heteroatoms. The van der Waals surface area contributed by atoms with Crippen LogP contribution in [-0.2, 0) is 16.1 Å². The summed E-state index contributed by atoms with van der Waals surface area (Å²) in [6, 6.07) is 7.21. The summed E-state index contributed by atoms with van der Waals surface area (Å²) in [4.78, 5) is 42.0. The molecule has 7 nitrogen and oxygen atoms in total. The van der Waals surface area contributed by atoms with Gasteiger partial charge in [0.15, 0.2) is 0 Å². The Hall–Kier alpha value is -2.70. The van der Waals surface area contributed by atoms with Gasteiger partial charge >= 0.3 is 0 Å². The Kier molecular flexibility index (Phi) is 5.11. The number of rotatable bonds is 5. The number of para-hydroxylation sites is 1. The lowest BCUT2D eigenvalue weighted by Gasteiger charge is -2.31. The minimum Gasteiger partial charge on any atom is -0.369 e. The van der Waals surface area contributed by atoms with Crippen LogP contribution in [0.1, 0.15) is 25.7 Å². The molecule has 2 N–H and O–H groups in total. The van der Waals surface area contributed by atoms with Crippen LogP contribution >= 0.6 is 0 Å². The van der Waals surface area contributed by atoms with E-state index >= 15 is 0 Å². The Bertz CT molecular complexity index is 846. The summed E-state index contributed by atoms with van der Waals surface area (Å²) in [6.45, 7) is 1.52. The van der Waals surface area contributed by atoms with Crippen LogP contribution < -0.4 is 11.3 Å². The van der Waals surface area contributed by atoms with Crippen LogP contribution in [0.4, 0.5) is 0 Å². The van der Waals surface area contributed by atoms with Crippen molar-refractivity contribution in [3.05, 3.63) is 40.9 Å². The lowest BCUT2D eigenvalue weighted by atomic mass is 9.97. The van der Waals surface area contributed by atoms with E-state index in [2.05, 4.69) is 4.98 Å². The van der Waals surface area contributed by atoms with E-state index in [-0.39, 0.29) is 23.3 Å². The number of nitrogens with zero attached hydrogens (tertiary/aromatic N) is 3. The van der Waals surface area contributed by atoms with Crippen LogP contribution in [0.3, 0.4) is 0 Å². The van der Waals surface area contributed by atoms with E-state index in [0.717, 1.165) is 12.8 Å². The van der Waals surface area contributed by atoms with Gasteiger partial charge < -0.3 is 10.6 Å². The van der Waals surface area contributed by atoms with Gasteiger partial charge in [-0.25, -0.2) is 4.98 Å². The maximum atomic E-state index is 12.4. The summed E-state index contributed by atoms with van der Waals surface area (Å²) in [6.07, 6.45) is 3.96. The van der Waals surface area contributed by atoms with Gasteiger partial charge in [0.1, 0.15) is 0 Å². The van der Waals surface area contributed by atoms with Crippen molar-refractivity contribution in [1.82, 2.24) is 14.5 Å². The summed E-state index contributed by atoms with van der Waals surface area (Å²) in [5, 5.41) is 0.580. The van der Waals surface area contributed by atoms with Gasteiger partial charge in [0.2, 0.25) is 11.8 Å². The first-order chi connectivity index (χ1) is 12.1. The predicted octanol–water partition coefficient (Wildman–Crippen LogP) is 0.901. The van der Waals surface area contributed by atoms with Crippen molar-refractivity contribution in [2.24, 2.45) is 11.7 Å². The molecular formula is C18H22N4O3. The van der Waals surface area contributed by atoms with Crippen molar-refractivity contribution in [2.45, 2.75) is 32.2 Å². The van der Waals surface area contributed by atoms with E-state index < -0.39 is 0 Å². The molecule has 1 atom stereocenters. The lowest BCUT2D eigenvalue weighted by molar-refractivity contribution is -0.135. The fraction of sp³-hybridized carbons (Fsp3) is 0.444. The molecule has 1 saturated heterocycles. The monoisotopic (exact) mass is 342 g/mol. The Labute approximate surface area is 145 Å². The molecular weight excluding hydrogens is 320 g/mol. The van der Waals surface area contributed by atoms with Gasteiger partial charge in [-0.05, 0) is 31.4 Å². The van der Waals surface area contributed by atoms with Gasteiger partial charge in [-0.15, -0.1) is 0 Å². The van der Waals surface area contributed by atoms with Crippen molar-refractivity contribution in [3.8, 4) is 0 Å². The third-order valence-corrected chi connectivity index (χ3v) is 4.70. The van der Waals surface area contributed by atoms with Gasteiger partial charge in [-0.3, -0.25) is 19.0 Å². The Morgan fingerprint density at radius 2 is 2.08 bits per heavy atom. The van der Waals surface area contributed by atoms with E-state index in [1.807, 2.05) is 12.1 Å². The Balaban J connectivity index is 1.58. The molecule has 1 aromatic carbocycles. The zero-order chi connectivity index (χ0) is 17.8. The highest BCUT2D eigenvalue weighted by Gasteiger charge is 2.26. The van der Waals surface area contributed by atoms with Crippen LogP contribution in [-0.4, -0.2) is 39.4 Å². The maximum absolute atomic E-state index is 12.4. The van der Waals surface area contributed by atoms with E-state index in [9.17, 15) is 14.4 Å². The van der Waals surface area contributed by atoms with E-state index in [1.54, 1.807) is 17.0 Å². The first-order valence-electron chi connectivity index (χ1n) is 8.57. The number of carbonyl (C=O) groups is 2. The summed E-state index contributed by atoms with van der Waals surface area (Å²) in [5.41, 5.74) is 5.92. The van der Waals surface area contributed by atoms with Crippen LogP contribution in [0.5, 0.6) is 0 Å². The van der Waals surface area contributed by atoms with Crippen molar-refractivity contribution >= 4 is 22.7 Å². The van der Waals surface area contributed by atoms with Crippen molar-refractivity contribution in [3.63, 3.8) is 0 Å². The smallest absolute Gasteiger partial charge is 0.261 e. The SMILES string of the molecule is NC(=O)C1CCCN(C(=O)CCCn2cnc3ccccc3c2=O)C1. The number of likely N-dealkylation sites (tertiary alicyclic amines) is 1. The van der Waals surface area contributed by atoms with Crippen LogP contribution in [0.25, 0.3) is 10.9 Å². The first kappa shape index (κ1) is 17.1. The quantitative estimate of drug-likeness (QED) is 0.873. The summed E-state index contributed by atoms with van der Waals surface area (Å²) < 4.78 is 1.54. The van der Waals surface area contributed by atoms with E-state index in [1.165, 1.54) is 10.9 Å². The number of carbonyl (C=O) groups excluding carboxylic acids is 2. The predicted molar refractivity (Wildman–Crippen MR) is 93.7 cm³/mol. The zero-order valence-electron chi connectivity index (χ0n) is 14.1. The molecule has 1 aliphatic heterocycles. The normalized spacial score (nSPS) is 17.6. The summed E-state index contributed by atoms with van der Waals surface area (Å²) >= 11 is 0. The molecule has 1 unspecified atom stereocenters. The molecule has 1 aliphatic rings. The number of aryl methyl sites for hydroxylation is 1. The maximum Gasteiger partial charge on any atom is 0.261 e. The number of amides is 2. The van der Waals surface area contributed by atoms with Gasteiger partial charge in [-0.1, -0.05) is 12.1 Å². The molecule has 0 bridgehead atoms. The van der Waals surface area contributed by atoms with Gasteiger partial charge in [0.25, 0.3) is 5.56 Å². The average molecular weight is 342 g/mol. The number of nitrogens with two attached hydrogens (primary N) is 1. The van der Waals surface area contributed by atoms with Crippen LogP contribution in [0, 0.1) is 5.92 Å². The minimum absolute atomic E-state index is 0.00717. The topological polar surface area (TPSA) is 98.3 Å². The van der Waals surface area contributed by atoms with Crippen molar-refractivity contribution in [2.75, 3.05) is 13.1 Å². The molecule has 0 radical (unpaired) electrons.